The van der Waals surface area contributed by atoms with Gasteiger partial charge in [0.15, 0.2) is 5.84 Å². The molecule has 0 amide bonds. The van der Waals surface area contributed by atoms with Crippen molar-refractivity contribution in [1.29, 1.82) is 0 Å². The SMILES string of the molecule is Cc1ccc(OCCC(C)C)c(/C(N)=N/O)c1. The molecule has 4 heteroatoms. The first kappa shape index (κ1) is 13.4. The molecular weight excluding hydrogens is 216 g/mol. The number of aryl methyl sites for hydroxylation is 1. The molecule has 0 saturated heterocycles. The Kier molecular flexibility index (Phi) is 4.82. The molecule has 0 aliphatic carbocycles. The van der Waals surface area contributed by atoms with Crippen molar-refractivity contribution in [1.82, 2.24) is 0 Å². The molecule has 0 aliphatic heterocycles. The van der Waals surface area contributed by atoms with E-state index in [1.807, 2.05) is 25.1 Å². The van der Waals surface area contributed by atoms with Gasteiger partial charge in [0.1, 0.15) is 5.75 Å². The second-order valence-electron chi connectivity index (χ2n) is 4.52. The molecular formula is C13H20N2O2. The van der Waals surface area contributed by atoms with E-state index in [9.17, 15) is 0 Å². The van der Waals surface area contributed by atoms with Crippen molar-refractivity contribution in [3.63, 3.8) is 0 Å². The summed E-state index contributed by atoms with van der Waals surface area (Å²) in [6.45, 7) is 6.87. The maximum absolute atomic E-state index is 8.72. The summed E-state index contributed by atoms with van der Waals surface area (Å²) in [6.07, 6.45) is 0.976. The predicted octanol–water partition coefficient (Wildman–Crippen LogP) is 2.51. The molecule has 0 aliphatic rings. The molecule has 4 nitrogen and oxygen atoms in total. The quantitative estimate of drug-likeness (QED) is 0.357. The molecule has 0 aromatic heterocycles. The topological polar surface area (TPSA) is 67.8 Å². The van der Waals surface area contributed by atoms with Gasteiger partial charge in [0.05, 0.1) is 12.2 Å². The van der Waals surface area contributed by atoms with Crippen molar-refractivity contribution in [2.24, 2.45) is 16.8 Å². The molecule has 0 heterocycles. The summed E-state index contributed by atoms with van der Waals surface area (Å²) < 4.78 is 5.65. The largest absolute Gasteiger partial charge is 0.493 e. The molecule has 0 radical (unpaired) electrons. The van der Waals surface area contributed by atoms with Crippen LogP contribution in [0.25, 0.3) is 0 Å². The molecule has 17 heavy (non-hydrogen) atoms. The number of rotatable bonds is 5. The minimum Gasteiger partial charge on any atom is -0.493 e. The van der Waals surface area contributed by atoms with Crippen LogP contribution < -0.4 is 10.5 Å². The van der Waals surface area contributed by atoms with Gasteiger partial charge in [-0.2, -0.15) is 0 Å². The molecule has 94 valence electrons. The zero-order chi connectivity index (χ0) is 12.8. The lowest BCUT2D eigenvalue weighted by molar-refractivity contribution is 0.288. The average Bonchev–Trinajstić information content (AvgIpc) is 2.29. The van der Waals surface area contributed by atoms with Crippen LogP contribution >= 0.6 is 0 Å². The van der Waals surface area contributed by atoms with Crippen LogP contribution in [0, 0.1) is 12.8 Å². The fourth-order valence-electron chi connectivity index (χ4n) is 1.43. The van der Waals surface area contributed by atoms with Gasteiger partial charge in [0.25, 0.3) is 0 Å². The molecule has 0 spiro atoms. The number of hydrogen-bond donors (Lipinski definition) is 2. The summed E-state index contributed by atoms with van der Waals surface area (Å²) in [6, 6.07) is 5.64. The predicted molar refractivity (Wildman–Crippen MR) is 68.6 cm³/mol. The van der Waals surface area contributed by atoms with E-state index in [4.69, 9.17) is 15.7 Å². The highest BCUT2D eigenvalue weighted by atomic mass is 16.5. The highest BCUT2D eigenvalue weighted by Crippen LogP contribution is 2.20. The van der Waals surface area contributed by atoms with Crippen LogP contribution in [0.1, 0.15) is 31.4 Å². The van der Waals surface area contributed by atoms with Crippen LogP contribution in [0.5, 0.6) is 5.75 Å². The highest BCUT2D eigenvalue weighted by Gasteiger charge is 2.08. The Morgan fingerprint density at radius 3 is 2.76 bits per heavy atom. The Bertz CT molecular complexity index is 400. The van der Waals surface area contributed by atoms with Gasteiger partial charge in [-0.1, -0.05) is 30.6 Å². The van der Waals surface area contributed by atoms with Gasteiger partial charge in [-0.05, 0) is 31.4 Å². The first-order valence-corrected chi connectivity index (χ1v) is 5.76. The minimum absolute atomic E-state index is 0.0771. The lowest BCUT2D eigenvalue weighted by atomic mass is 10.1. The maximum atomic E-state index is 8.72. The van der Waals surface area contributed by atoms with E-state index in [0.29, 0.717) is 23.8 Å². The monoisotopic (exact) mass is 236 g/mol. The van der Waals surface area contributed by atoms with E-state index in [1.54, 1.807) is 0 Å². The van der Waals surface area contributed by atoms with Gasteiger partial charge in [-0.25, -0.2) is 0 Å². The van der Waals surface area contributed by atoms with E-state index in [0.717, 1.165) is 12.0 Å². The van der Waals surface area contributed by atoms with Gasteiger partial charge in [-0.3, -0.25) is 0 Å². The van der Waals surface area contributed by atoms with Gasteiger partial charge in [0, 0.05) is 0 Å². The Morgan fingerprint density at radius 1 is 1.47 bits per heavy atom. The van der Waals surface area contributed by atoms with E-state index in [-0.39, 0.29) is 5.84 Å². The summed E-state index contributed by atoms with van der Waals surface area (Å²) in [7, 11) is 0. The van der Waals surface area contributed by atoms with Gasteiger partial charge < -0.3 is 15.7 Å². The van der Waals surface area contributed by atoms with Gasteiger partial charge in [0.2, 0.25) is 0 Å². The molecule has 0 bridgehead atoms. The molecule has 0 saturated carbocycles. The number of oxime groups is 1. The van der Waals surface area contributed by atoms with Crippen LogP contribution in [-0.4, -0.2) is 17.6 Å². The van der Waals surface area contributed by atoms with Crippen molar-refractivity contribution in [2.75, 3.05) is 6.61 Å². The van der Waals surface area contributed by atoms with E-state index >= 15 is 0 Å². The van der Waals surface area contributed by atoms with Crippen molar-refractivity contribution < 1.29 is 9.94 Å². The minimum atomic E-state index is 0.0771. The van der Waals surface area contributed by atoms with Crippen molar-refractivity contribution >= 4 is 5.84 Å². The smallest absolute Gasteiger partial charge is 0.173 e. The molecule has 0 unspecified atom stereocenters. The maximum Gasteiger partial charge on any atom is 0.173 e. The zero-order valence-corrected chi connectivity index (χ0v) is 10.6. The van der Waals surface area contributed by atoms with Crippen LogP contribution in [0.15, 0.2) is 23.4 Å². The number of nitrogens with two attached hydrogens (primary N) is 1. The summed E-state index contributed by atoms with van der Waals surface area (Å²) in [5.41, 5.74) is 7.30. The number of hydrogen-bond acceptors (Lipinski definition) is 3. The molecule has 1 aromatic carbocycles. The number of amidine groups is 1. The summed E-state index contributed by atoms with van der Waals surface area (Å²) in [4.78, 5) is 0. The molecule has 0 fully saturated rings. The zero-order valence-electron chi connectivity index (χ0n) is 10.6. The molecule has 1 rings (SSSR count). The van der Waals surface area contributed by atoms with Crippen LogP contribution in [0.3, 0.4) is 0 Å². The third-order valence-corrected chi connectivity index (χ3v) is 2.47. The fraction of sp³-hybridized carbons (Fsp3) is 0.462. The number of benzene rings is 1. The normalized spacial score (nSPS) is 11.9. The van der Waals surface area contributed by atoms with Crippen LogP contribution in [0.2, 0.25) is 0 Å². The second-order valence-corrected chi connectivity index (χ2v) is 4.52. The first-order chi connectivity index (χ1) is 8.04. The average molecular weight is 236 g/mol. The summed E-state index contributed by atoms with van der Waals surface area (Å²) in [5, 5.41) is 11.7. The Morgan fingerprint density at radius 2 is 2.18 bits per heavy atom. The lowest BCUT2D eigenvalue weighted by Crippen LogP contribution is -2.15. The van der Waals surface area contributed by atoms with Crippen LogP contribution in [-0.2, 0) is 0 Å². The fourth-order valence-corrected chi connectivity index (χ4v) is 1.43. The third kappa shape index (κ3) is 3.98. The van der Waals surface area contributed by atoms with Gasteiger partial charge >= 0.3 is 0 Å². The number of nitrogens with zero attached hydrogens (tertiary/aromatic N) is 1. The first-order valence-electron chi connectivity index (χ1n) is 5.76. The van der Waals surface area contributed by atoms with E-state index in [2.05, 4.69) is 19.0 Å². The van der Waals surface area contributed by atoms with Crippen LogP contribution in [0.4, 0.5) is 0 Å². The highest BCUT2D eigenvalue weighted by molar-refractivity contribution is 5.99. The van der Waals surface area contributed by atoms with Crippen molar-refractivity contribution in [2.45, 2.75) is 27.2 Å². The van der Waals surface area contributed by atoms with Gasteiger partial charge in [-0.15, -0.1) is 0 Å². The Labute approximate surface area is 102 Å². The standard InChI is InChI=1S/C13H20N2O2/c1-9(2)6-7-17-12-5-4-10(3)8-11(12)13(14)15-16/h4-5,8-9,16H,6-7H2,1-3H3,(H2,14,15). The third-order valence-electron chi connectivity index (χ3n) is 2.47. The molecule has 1 aromatic rings. The summed E-state index contributed by atoms with van der Waals surface area (Å²) >= 11 is 0. The molecule has 0 atom stereocenters. The Balaban J connectivity index is 2.83. The summed E-state index contributed by atoms with van der Waals surface area (Å²) in [5.74, 6) is 1.33. The van der Waals surface area contributed by atoms with E-state index in [1.165, 1.54) is 0 Å². The molecule has 3 N–H and O–H groups in total. The Hall–Kier alpha value is -1.71. The van der Waals surface area contributed by atoms with Crippen molar-refractivity contribution in [3.8, 4) is 5.75 Å². The van der Waals surface area contributed by atoms with E-state index < -0.39 is 0 Å². The second kappa shape index (κ2) is 6.13. The van der Waals surface area contributed by atoms with Crippen molar-refractivity contribution in [3.05, 3.63) is 29.3 Å². The lowest BCUT2D eigenvalue weighted by Gasteiger charge is -2.12. The number of ether oxygens (including phenoxy) is 1.